The topological polar surface area (TPSA) is 18.5 Å². The van der Waals surface area contributed by atoms with Gasteiger partial charge in [0.1, 0.15) is 0 Å². The molecule has 2 nitrogen and oxygen atoms in total. The third kappa shape index (κ3) is 1.78. The van der Waals surface area contributed by atoms with Crippen molar-refractivity contribution in [2.75, 3.05) is 0 Å². The standard InChI is InChI=1S/C8H6O2S2/c1-3-7(11-5-1)9-10-8-4-2-6-12-8/h1-6H. The molecule has 0 radical (unpaired) electrons. The van der Waals surface area contributed by atoms with Crippen LogP contribution in [0.15, 0.2) is 35.0 Å². The van der Waals surface area contributed by atoms with Gasteiger partial charge in [-0.3, -0.25) is 9.78 Å². The number of hydrogen-bond acceptors (Lipinski definition) is 4. The average Bonchev–Trinajstić information content (AvgIpc) is 2.74. The molecule has 2 aromatic rings. The highest BCUT2D eigenvalue weighted by Crippen LogP contribution is 2.22. The molecule has 2 heterocycles. The Kier molecular flexibility index (Phi) is 2.29. The summed E-state index contributed by atoms with van der Waals surface area (Å²) in [7, 11) is 0. The lowest BCUT2D eigenvalue weighted by Gasteiger charge is -1.98. The first kappa shape index (κ1) is 7.64. The monoisotopic (exact) mass is 198 g/mol. The fourth-order valence-corrected chi connectivity index (χ4v) is 1.75. The molecule has 0 aromatic carbocycles. The average molecular weight is 198 g/mol. The first-order valence-corrected chi connectivity index (χ1v) is 5.12. The fourth-order valence-electron chi connectivity index (χ4n) is 0.704. The van der Waals surface area contributed by atoms with E-state index in [1.54, 1.807) is 0 Å². The van der Waals surface area contributed by atoms with Crippen molar-refractivity contribution in [3.05, 3.63) is 35.0 Å². The zero-order chi connectivity index (χ0) is 8.23. The predicted molar refractivity (Wildman–Crippen MR) is 49.9 cm³/mol. The Bertz CT molecular complexity index is 278. The van der Waals surface area contributed by atoms with E-state index in [2.05, 4.69) is 0 Å². The maximum absolute atomic E-state index is 5.02. The number of thiophene rings is 2. The second-order valence-corrected chi connectivity index (χ2v) is 3.85. The van der Waals surface area contributed by atoms with Gasteiger partial charge in [0, 0.05) is 0 Å². The second-order valence-electron chi connectivity index (χ2n) is 2.03. The molecule has 0 bridgehead atoms. The third-order valence-electron chi connectivity index (χ3n) is 1.20. The van der Waals surface area contributed by atoms with Crippen LogP contribution >= 0.6 is 22.7 Å². The van der Waals surface area contributed by atoms with Crippen LogP contribution in [0.3, 0.4) is 0 Å². The summed E-state index contributed by atoms with van der Waals surface area (Å²) in [5.74, 6) is 0. The van der Waals surface area contributed by atoms with Crippen molar-refractivity contribution >= 4 is 22.7 Å². The van der Waals surface area contributed by atoms with Crippen molar-refractivity contribution in [2.45, 2.75) is 0 Å². The summed E-state index contributed by atoms with van der Waals surface area (Å²) >= 11 is 3.00. The Labute approximate surface area is 77.9 Å². The molecule has 0 atom stereocenters. The van der Waals surface area contributed by atoms with E-state index in [9.17, 15) is 0 Å². The Morgan fingerprint density at radius 2 is 1.33 bits per heavy atom. The molecule has 2 rings (SSSR count). The third-order valence-corrected chi connectivity index (χ3v) is 2.66. The van der Waals surface area contributed by atoms with E-state index in [1.807, 2.05) is 35.0 Å². The molecule has 0 unspecified atom stereocenters. The molecule has 0 aliphatic rings. The Morgan fingerprint density at radius 1 is 0.833 bits per heavy atom. The smallest absolute Gasteiger partial charge is 0.232 e. The van der Waals surface area contributed by atoms with E-state index < -0.39 is 0 Å². The van der Waals surface area contributed by atoms with Gasteiger partial charge in [-0.05, 0) is 35.0 Å². The molecule has 0 fully saturated rings. The van der Waals surface area contributed by atoms with E-state index in [-0.39, 0.29) is 0 Å². The molecular formula is C8H6O2S2. The van der Waals surface area contributed by atoms with Gasteiger partial charge < -0.3 is 0 Å². The van der Waals surface area contributed by atoms with Gasteiger partial charge in [0.2, 0.25) is 10.1 Å². The van der Waals surface area contributed by atoms with Crippen LogP contribution in [-0.2, 0) is 0 Å². The molecule has 0 saturated heterocycles. The molecule has 0 aliphatic carbocycles. The number of hydrogen-bond donors (Lipinski definition) is 0. The fraction of sp³-hybridized carbons (Fsp3) is 0. The van der Waals surface area contributed by atoms with Crippen molar-refractivity contribution in [1.82, 2.24) is 0 Å². The number of rotatable bonds is 3. The molecule has 0 N–H and O–H groups in total. The summed E-state index contributed by atoms with van der Waals surface area (Å²) in [5.41, 5.74) is 0. The van der Waals surface area contributed by atoms with Gasteiger partial charge in [0.25, 0.3) is 0 Å². The van der Waals surface area contributed by atoms with Crippen LogP contribution in [0, 0.1) is 0 Å². The van der Waals surface area contributed by atoms with Crippen molar-refractivity contribution < 1.29 is 9.78 Å². The van der Waals surface area contributed by atoms with Crippen LogP contribution in [0.2, 0.25) is 0 Å². The van der Waals surface area contributed by atoms with E-state index in [0.29, 0.717) is 0 Å². The van der Waals surface area contributed by atoms with E-state index in [1.165, 1.54) is 22.7 Å². The lowest BCUT2D eigenvalue weighted by Crippen LogP contribution is -1.96. The summed E-state index contributed by atoms with van der Waals surface area (Å²) in [6, 6.07) is 7.55. The minimum atomic E-state index is 0.767. The summed E-state index contributed by atoms with van der Waals surface area (Å²) in [6.45, 7) is 0. The molecular weight excluding hydrogens is 192 g/mol. The summed E-state index contributed by atoms with van der Waals surface area (Å²) in [5, 5.41) is 5.41. The van der Waals surface area contributed by atoms with Crippen LogP contribution in [0.25, 0.3) is 0 Å². The maximum Gasteiger partial charge on any atom is 0.232 e. The van der Waals surface area contributed by atoms with Crippen LogP contribution in [-0.4, -0.2) is 0 Å². The van der Waals surface area contributed by atoms with Crippen LogP contribution in [0.1, 0.15) is 0 Å². The van der Waals surface area contributed by atoms with Crippen LogP contribution in [0.4, 0.5) is 0 Å². The quantitative estimate of drug-likeness (QED) is 0.557. The highest BCUT2D eigenvalue weighted by atomic mass is 32.1. The summed E-state index contributed by atoms with van der Waals surface area (Å²) in [4.78, 5) is 10.0. The molecule has 0 saturated carbocycles. The molecule has 62 valence electrons. The van der Waals surface area contributed by atoms with Gasteiger partial charge in [0.15, 0.2) is 0 Å². The molecule has 12 heavy (non-hydrogen) atoms. The maximum atomic E-state index is 5.02. The normalized spacial score (nSPS) is 9.67. The zero-order valence-electron chi connectivity index (χ0n) is 6.10. The largest absolute Gasteiger partial charge is 0.278 e. The Morgan fingerprint density at radius 3 is 1.67 bits per heavy atom. The van der Waals surface area contributed by atoms with E-state index in [0.717, 1.165) is 10.1 Å². The lowest BCUT2D eigenvalue weighted by molar-refractivity contribution is -0.0921. The lowest BCUT2D eigenvalue weighted by atomic mass is 10.7. The van der Waals surface area contributed by atoms with Crippen molar-refractivity contribution in [3.8, 4) is 10.1 Å². The van der Waals surface area contributed by atoms with Gasteiger partial charge >= 0.3 is 0 Å². The SMILES string of the molecule is c1csc(OOc2cccs2)c1. The predicted octanol–water partition coefficient (Wildman–Crippen LogP) is 3.18. The molecule has 0 aliphatic heterocycles. The van der Waals surface area contributed by atoms with E-state index in [4.69, 9.17) is 9.78 Å². The first-order valence-electron chi connectivity index (χ1n) is 3.37. The van der Waals surface area contributed by atoms with Crippen LogP contribution < -0.4 is 9.78 Å². The van der Waals surface area contributed by atoms with Gasteiger partial charge in [-0.15, -0.1) is 22.7 Å². The van der Waals surface area contributed by atoms with Gasteiger partial charge in [-0.1, -0.05) is 0 Å². The Balaban J connectivity index is 1.91. The highest BCUT2D eigenvalue weighted by Gasteiger charge is 1.97. The van der Waals surface area contributed by atoms with Gasteiger partial charge in [0.05, 0.1) is 0 Å². The first-order chi connectivity index (χ1) is 5.95. The summed E-state index contributed by atoms with van der Waals surface area (Å²) < 4.78 is 0. The van der Waals surface area contributed by atoms with Crippen molar-refractivity contribution in [1.29, 1.82) is 0 Å². The zero-order valence-corrected chi connectivity index (χ0v) is 7.73. The Hall–Kier alpha value is -1.00. The van der Waals surface area contributed by atoms with Crippen molar-refractivity contribution in [2.24, 2.45) is 0 Å². The van der Waals surface area contributed by atoms with Crippen LogP contribution in [0.5, 0.6) is 10.1 Å². The molecule has 0 amide bonds. The van der Waals surface area contributed by atoms with E-state index >= 15 is 0 Å². The van der Waals surface area contributed by atoms with Gasteiger partial charge in [-0.25, -0.2) is 0 Å². The molecule has 4 heteroatoms. The molecule has 2 aromatic heterocycles. The van der Waals surface area contributed by atoms with Crippen molar-refractivity contribution in [3.63, 3.8) is 0 Å². The van der Waals surface area contributed by atoms with Gasteiger partial charge in [-0.2, -0.15) is 0 Å². The summed E-state index contributed by atoms with van der Waals surface area (Å²) in [6.07, 6.45) is 0. The molecule has 0 spiro atoms. The minimum Gasteiger partial charge on any atom is -0.278 e. The highest BCUT2D eigenvalue weighted by molar-refractivity contribution is 7.12. The second kappa shape index (κ2) is 3.60. The minimum absolute atomic E-state index is 0.767.